The SMILES string of the molecule is Oc1ccc(COCc2ccc(OC(F)(F)F)cc2)nc1. The molecule has 112 valence electrons. The molecule has 7 heteroatoms. The third-order valence-electron chi connectivity index (χ3n) is 2.48. The van der Waals surface area contributed by atoms with Crippen molar-refractivity contribution < 1.29 is 27.8 Å². The summed E-state index contributed by atoms with van der Waals surface area (Å²) in [7, 11) is 0. The highest BCUT2D eigenvalue weighted by Crippen LogP contribution is 2.22. The normalized spacial score (nSPS) is 11.4. The quantitative estimate of drug-likeness (QED) is 0.919. The Balaban J connectivity index is 1.82. The van der Waals surface area contributed by atoms with E-state index in [1.54, 1.807) is 6.07 Å². The second-order valence-corrected chi connectivity index (χ2v) is 4.19. The van der Waals surface area contributed by atoms with Crippen molar-refractivity contribution in [1.29, 1.82) is 0 Å². The smallest absolute Gasteiger partial charge is 0.506 e. The lowest BCUT2D eigenvalue weighted by atomic mass is 10.2. The van der Waals surface area contributed by atoms with Crippen LogP contribution in [0.2, 0.25) is 0 Å². The number of aromatic nitrogens is 1. The van der Waals surface area contributed by atoms with Crippen LogP contribution in [0.15, 0.2) is 42.6 Å². The molecule has 0 fully saturated rings. The third kappa shape index (κ3) is 5.31. The summed E-state index contributed by atoms with van der Waals surface area (Å²) in [5.74, 6) is -0.203. The van der Waals surface area contributed by atoms with Crippen LogP contribution in [-0.2, 0) is 18.0 Å². The van der Waals surface area contributed by atoms with Crippen molar-refractivity contribution in [3.63, 3.8) is 0 Å². The van der Waals surface area contributed by atoms with Crippen LogP contribution in [-0.4, -0.2) is 16.5 Å². The number of benzene rings is 1. The summed E-state index contributed by atoms with van der Waals surface area (Å²) in [5, 5.41) is 9.07. The highest BCUT2D eigenvalue weighted by atomic mass is 19.4. The van der Waals surface area contributed by atoms with Gasteiger partial charge in [-0.05, 0) is 29.8 Å². The Kier molecular flexibility index (Phi) is 4.64. The average molecular weight is 299 g/mol. The topological polar surface area (TPSA) is 51.6 Å². The zero-order valence-electron chi connectivity index (χ0n) is 10.8. The van der Waals surface area contributed by atoms with Gasteiger partial charge < -0.3 is 14.6 Å². The van der Waals surface area contributed by atoms with Crippen molar-refractivity contribution in [2.75, 3.05) is 0 Å². The second kappa shape index (κ2) is 6.45. The maximum atomic E-state index is 12.0. The van der Waals surface area contributed by atoms with Gasteiger partial charge in [0.15, 0.2) is 0 Å². The van der Waals surface area contributed by atoms with E-state index in [0.29, 0.717) is 11.3 Å². The van der Waals surface area contributed by atoms with Crippen molar-refractivity contribution in [1.82, 2.24) is 4.98 Å². The van der Waals surface area contributed by atoms with Crippen LogP contribution in [0.4, 0.5) is 13.2 Å². The standard InChI is InChI=1S/C14H12F3NO3/c15-14(16,17)21-13-5-1-10(2-6-13)8-20-9-11-3-4-12(19)7-18-11/h1-7,19H,8-9H2. The number of ether oxygens (including phenoxy) is 2. The van der Waals surface area contributed by atoms with Gasteiger partial charge in [-0.1, -0.05) is 12.1 Å². The van der Waals surface area contributed by atoms with E-state index in [4.69, 9.17) is 9.84 Å². The molecule has 0 unspecified atom stereocenters. The monoisotopic (exact) mass is 299 g/mol. The maximum Gasteiger partial charge on any atom is 0.573 e. The zero-order valence-corrected chi connectivity index (χ0v) is 10.8. The fraction of sp³-hybridized carbons (Fsp3) is 0.214. The Bertz CT molecular complexity index is 568. The third-order valence-corrected chi connectivity index (χ3v) is 2.48. The Labute approximate surface area is 118 Å². The molecule has 1 aromatic heterocycles. The van der Waals surface area contributed by atoms with Gasteiger partial charge in [-0.15, -0.1) is 13.2 Å². The first kappa shape index (κ1) is 15.1. The van der Waals surface area contributed by atoms with Gasteiger partial charge in [-0.25, -0.2) is 0 Å². The minimum Gasteiger partial charge on any atom is -0.506 e. The van der Waals surface area contributed by atoms with Crippen molar-refractivity contribution in [3.8, 4) is 11.5 Å². The molecule has 0 bridgehead atoms. The summed E-state index contributed by atoms with van der Waals surface area (Å²) in [5.41, 5.74) is 1.35. The molecule has 1 aromatic carbocycles. The number of rotatable bonds is 5. The molecule has 0 aliphatic heterocycles. The van der Waals surface area contributed by atoms with Crippen molar-refractivity contribution in [2.24, 2.45) is 0 Å². The van der Waals surface area contributed by atoms with Gasteiger partial charge in [0.2, 0.25) is 0 Å². The van der Waals surface area contributed by atoms with Crippen LogP contribution in [0.25, 0.3) is 0 Å². The second-order valence-electron chi connectivity index (χ2n) is 4.19. The lowest BCUT2D eigenvalue weighted by Crippen LogP contribution is -2.17. The fourth-order valence-electron chi connectivity index (χ4n) is 1.56. The lowest BCUT2D eigenvalue weighted by molar-refractivity contribution is -0.274. The highest BCUT2D eigenvalue weighted by Gasteiger charge is 2.30. The predicted molar refractivity (Wildman–Crippen MR) is 67.5 cm³/mol. The van der Waals surface area contributed by atoms with E-state index in [0.717, 1.165) is 0 Å². The van der Waals surface area contributed by atoms with Gasteiger partial charge in [0, 0.05) is 0 Å². The minimum absolute atomic E-state index is 0.0685. The highest BCUT2D eigenvalue weighted by molar-refractivity contribution is 5.27. The van der Waals surface area contributed by atoms with Crippen LogP contribution >= 0.6 is 0 Å². The predicted octanol–water partition coefficient (Wildman–Crippen LogP) is 3.40. The van der Waals surface area contributed by atoms with Gasteiger partial charge in [0.05, 0.1) is 25.1 Å². The van der Waals surface area contributed by atoms with E-state index < -0.39 is 6.36 Å². The van der Waals surface area contributed by atoms with E-state index in [2.05, 4.69) is 9.72 Å². The first-order valence-corrected chi connectivity index (χ1v) is 5.99. The summed E-state index contributed by atoms with van der Waals surface area (Å²) in [4.78, 5) is 3.94. The molecule has 0 amide bonds. The maximum absolute atomic E-state index is 12.0. The summed E-state index contributed by atoms with van der Waals surface area (Å²) >= 11 is 0. The van der Waals surface area contributed by atoms with E-state index in [-0.39, 0.29) is 24.7 Å². The zero-order chi connectivity index (χ0) is 15.3. The van der Waals surface area contributed by atoms with Crippen LogP contribution in [0.3, 0.4) is 0 Å². The molecule has 0 atom stereocenters. The van der Waals surface area contributed by atoms with E-state index in [1.807, 2.05) is 0 Å². The molecular formula is C14H12F3NO3. The molecule has 0 radical (unpaired) electrons. The summed E-state index contributed by atoms with van der Waals surface area (Å²) in [6.45, 7) is 0.468. The van der Waals surface area contributed by atoms with Gasteiger partial charge >= 0.3 is 6.36 Å². The van der Waals surface area contributed by atoms with Crippen molar-refractivity contribution >= 4 is 0 Å². The lowest BCUT2D eigenvalue weighted by Gasteiger charge is -2.09. The number of aromatic hydroxyl groups is 1. The molecule has 1 heterocycles. The van der Waals surface area contributed by atoms with E-state index in [9.17, 15) is 13.2 Å². The van der Waals surface area contributed by atoms with Gasteiger partial charge in [0.1, 0.15) is 11.5 Å². The molecule has 4 nitrogen and oxygen atoms in total. The summed E-state index contributed by atoms with van der Waals surface area (Å²) in [6, 6.07) is 8.55. The number of pyridine rings is 1. The molecule has 0 saturated heterocycles. The Hall–Kier alpha value is -2.28. The van der Waals surface area contributed by atoms with Crippen molar-refractivity contribution in [3.05, 3.63) is 53.9 Å². The van der Waals surface area contributed by atoms with Crippen LogP contribution in [0, 0.1) is 0 Å². The fourth-order valence-corrected chi connectivity index (χ4v) is 1.56. The van der Waals surface area contributed by atoms with Gasteiger partial charge in [0.25, 0.3) is 0 Å². The molecule has 0 aliphatic rings. The Morgan fingerprint density at radius 3 is 2.29 bits per heavy atom. The summed E-state index contributed by atoms with van der Waals surface area (Å²) in [6.07, 6.45) is -3.38. The largest absolute Gasteiger partial charge is 0.573 e. The van der Waals surface area contributed by atoms with Crippen LogP contribution < -0.4 is 4.74 Å². The van der Waals surface area contributed by atoms with E-state index >= 15 is 0 Å². The molecule has 2 aromatic rings. The number of hydrogen-bond acceptors (Lipinski definition) is 4. The van der Waals surface area contributed by atoms with Gasteiger partial charge in [-0.3, -0.25) is 4.98 Å². The molecule has 21 heavy (non-hydrogen) atoms. The molecule has 0 aliphatic carbocycles. The Morgan fingerprint density at radius 2 is 1.71 bits per heavy atom. The molecule has 0 saturated carbocycles. The van der Waals surface area contributed by atoms with Crippen LogP contribution in [0.1, 0.15) is 11.3 Å². The van der Waals surface area contributed by atoms with Crippen molar-refractivity contribution in [2.45, 2.75) is 19.6 Å². The van der Waals surface area contributed by atoms with Gasteiger partial charge in [-0.2, -0.15) is 0 Å². The molecule has 0 spiro atoms. The van der Waals surface area contributed by atoms with E-state index in [1.165, 1.54) is 36.5 Å². The van der Waals surface area contributed by atoms with Crippen LogP contribution in [0.5, 0.6) is 11.5 Å². The first-order chi connectivity index (χ1) is 9.92. The first-order valence-electron chi connectivity index (χ1n) is 5.99. The number of alkyl halides is 3. The number of halogens is 3. The molecular weight excluding hydrogens is 287 g/mol. The average Bonchev–Trinajstić information content (AvgIpc) is 2.41. The number of hydrogen-bond donors (Lipinski definition) is 1. The Morgan fingerprint density at radius 1 is 1.00 bits per heavy atom. The summed E-state index contributed by atoms with van der Waals surface area (Å²) < 4.78 is 45.1. The molecule has 1 N–H and O–H groups in total. The molecule has 2 rings (SSSR count). The number of nitrogens with zero attached hydrogens (tertiary/aromatic N) is 1. The minimum atomic E-state index is -4.69.